The summed E-state index contributed by atoms with van der Waals surface area (Å²) in [5, 5.41) is 11.4. The van der Waals surface area contributed by atoms with Crippen molar-refractivity contribution >= 4 is 11.7 Å². The lowest BCUT2D eigenvalue weighted by atomic mass is 10.1. The molecule has 1 unspecified atom stereocenters. The Hall–Kier alpha value is -1.30. The second kappa shape index (κ2) is 7.92. The molecular formula is C10H21N3O3. The van der Waals surface area contributed by atoms with E-state index in [0.717, 1.165) is 0 Å². The Kier molecular flexibility index (Phi) is 7.28. The standard InChI is InChI=1S/C10H21N3O3/c1-4-13(9(14)7-16-5-2)6-8(3)10(11)12-15/h8,15H,4-7H2,1-3H3,(H2,11,12). The predicted molar refractivity (Wildman–Crippen MR) is 61.3 cm³/mol. The maximum Gasteiger partial charge on any atom is 0.248 e. The van der Waals surface area contributed by atoms with Crippen LogP contribution in [0.1, 0.15) is 20.8 Å². The fraction of sp³-hybridized carbons (Fsp3) is 0.800. The molecule has 0 spiro atoms. The zero-order valence-electron chi connectivity index (χ0n) is 10.1. The molecule has 6 heteroatoms. The molecule has 3 N–H and O–H groups in total. The Morgan fingerprint density at radius 3 is 2.62 bits per heavy atom. The first kappa shape index (κ1) is 14.7. The van der Waals surface area contributed by atoms with Crippen molar-refractivity contribution in [2.45, 2.75) is 20.8 Å². The minimum Gasteiger partial charge on any atom is -0.409 e. The summed E-state index contributed by atoms with van der Waals surface area (Å²) in [6.07, 6.45) is 0. The third-order valence-corrected chi connectivity index (χ3v) is 2.28. The molecule has 1 amide bonds. The third kappa shape index (κ3) is 4.97. The van der Waals surface area contributed by atoms with E-state index in [9.17, 15) is 4.79 Å². The van der Waals surface area contributed by atoms with Gasteiger partial charge in [0.2, 0.25) is 5.91 Å². The quantitative estimate of drug-likeness (QED) is 0.284. The number of likely N-dealkylation sites (N-methyl/N-ethyl adjacent to an activating group) is 1. The number of carbonyl (C=O) groups is 1. The lowest BCUT2D eigenvalue weighted by molar-refractivity contribution is -0.136. The number of nitrogens with zero attached hydrogens (tertiary/aromatic N) is 2. The van der Waals surface area contributed by atoms with Gasteiger partial charge in [0.1, 0.15) is 12.4 Å². The molecule has 0 saturated carbocycles. The first-order valence-corrected chi connectivity index (χ1v) is 5.39. The van der Waals surface area contributed by atoms with Gasteiger partial charge in [-0.05, 0) is 13.8 Å². The molecule has 94 valence electrons. The smallest absolute Gasteiger partial charge is 0.248 e. The maximum atomic E-state index is 11.6. The summed E-state index contributed by atoms with van der Waals surface area (Å²) in [7, 11) is 0. The van der Waals surface area contributed by atoms with Gasteiger partial charge < -0.3 is 20.6 Å². The molecule has 1 atom stereocenters. The monoisotopic (exact) mass is 231 g/mol. The van der Waals surface area contributed by atoms with Crippen molar-refractivity contribution in [2.75, 3.05) is 26.3 Å². The Labute approximate surface area is 96.0 Å². The van der Waals surface area contributed by atoms with Gasteiger partial charge in [-0.15, -0.1) is 0 Å². The van der Waals surface area contributed by atoms with E-state index in [1.165, 1.54) is 0 Å². The van der Waals surface area contributed by atoms with Gasteiger partial charge in [-0.25, -0.2) is 0 Å². The average Bonchev–Trinajstić information content (AvgIpc) is 2.31. The molecule has 6 nitrogen and oxygen atoms in total. The minimum absolute atomic E-state index is 0.0766. The van der Waals surface area contributed by atoms with E-state index in [1.54, 1.807) is 11.8 Å². The molecule has 0 aliphatic heterocycles. The zero-order valence-corrected chi connectivity index (χ0v) is 10.1. The molecular weight excluding hydrogens is 210 g/mol. The predicted octanol–water partition coefficient (Wildman–Crippen LogP) is 0.254. The highest BCUT2D eigenvalue weighted by atomic mass is 16.5. The van der Waals surface area contributed by atoms with E-state index < -0.39 is 0 Å². The highest BCUT2D eigenvalue weighted by Gasteiger charge is 2.17. The molecule has 0 fully saturated rings. The van der Waals surface area contributed by atoms with Gasteiger partial charge >= 0.3 is 0 Å². The van der Waals surface area contributed by atoms with E-state index in [0.29, 0.717) is 19.7 Å². The van der Waals surface area contributed by atoms with Crippen LogP contribution in [0.3, 0.4) is 0 Å². The number of amidine groups is 1. The van der Waals surface area contributed by atoms with Gasteiger partial charge in [0.05, 0.1) is 0 Å². The molecule has 0 aromatic rings. The van der Waals surface area contributed by atoms with Crippen LogP contribution in [0.15, 0.2) is 5.16 Å². The molecule has 0 aliphatic rings. The summed E-state index contributed by atoms with van der Waals surface area (Å²) in [6.45, 7) is 7.11. The highest BCUT2D eigenvalue weighted by Crippen LogP contribution is 2.01. The fourth-order valence-electron chi connectivity index (χ4n) is 1.21. The largest absolute Gasteiger partial charge is 0.409 e. The minimum atomic E-state index is -0.171. The van der Waals surface area contributed by atoms with Crippen LogP contribution in [0.5, 0.6) is 0 Å². The molecule has 0 aliphatic carbocycles. The van der Waals surface area contributed by atoms with Crippen LogP contribution >= 0.6 is 0 Å². The number of carbonyl (C=O) groups excluding carboxylic acids is 1. The van der Waals surface area contributed by atoms with Crippen molar-refractivity contribution in [1.29, 1.82) is 0 Å². The van der Waals surface area contributed by atoms with Crippen LogP contribution in [-0.4, -0.2) is 48.2 Å². The number of nitrogens with two attached hydrogens (primary N) is 1. The number of ether oxygens (including phenoxy) is 1. The Bertz CT molecular complexity index is 243. The Balaban J connectivity index is 4.23. The van der Waals surface area contributed by atoms with Crippen LogP contribution in [0, 0.1) is 5.92 Å². The SMILES string of the molecule is CCOCC(=O)N(CC)CC(C)C(N)=NO. The van der Waals surface area contributed by atoms with Gasteiger partial charge in [0, 0.05) is 25.6 Å². The average molecular weight is 231 g/mol. The first-order chi connectivity index (χ1) is 7.56. The zero-order chi connectivity index (χ0) is 12.6. The van der Waals surface area contributed by atoms with E-state index in [1.807, 2.05) is 13.8 Å². The third-order valence-electron chi connectivity index (χ3n) is 2.28. The summed E-state index contributed by atoms with van der Waals surface area (Å²) in [4.78, 5) is 13.3. The van der Waals surface area contributed by atoms with Crippen molar-refractivity contribution in [1.82, 2.24) is 4.90 Å². The summed E-state index contributed by atoms with van der Waals surface area (Å²) in [6, 6.07) is 0. The maximum absolute atomic E-state index is 11.6. The number of rotatable bonds is 7. The second-order valence-electron chi connectivity index (χ2n) is 3.50. The van der Waals surface area contributed by atoms with Gasteiger partial charge in [0.15, 0.2) is 0 Å². The first-order valence-electron chi connectivity index (χ1n) is 5.39. The fourth-order valence-corrected chi connectivity index (χ4v) is 1.21. The van der Waals surface area contributed by atoms with E-state index in [2.05, 4.69) is 5.16 Å². The van der Waals surface area contributed by atoms with E-state index in [-0.39, 0.29) is 24.3 Å². The van der Waals surface area contributed by atoms with Crippen molar-refractivity contribution in [3.63, 3.8) is 0 Å². The Morgan fingerprint density at radius 1 is 1.56 bits per heavy atom. The number of hydrogen-bond donors (Lipinski definition) is 2. The summed E-state index contributed by atoms with van der Waals surface area (Å²) in [5.74, 6) is -0.125. The molecule has 0 saturated heterocycles. The molecule has 0 rings (SSSR count). The molecule has 0 heterocycles. The normalized spacial score (nSPS) is 13.6. The van der Waals surface area contributed by atoms with Gasteiger partial charge in [-0.1, -0.05) is 12.1 Å². The lowest BCUT2D eigenvalue weighted by Gasteiger charge is -2.23. The number of hydrogen-bond acceptors (Lipinski definition) is 4. The molecule has 0 bridgehead atoms. The molecule has 0 aromatic heterocycles. The summed E-state index contributed by atoms with van der Waals surface area (Å²) in [5.41, 5.74) is 5.45. The van der Waals surface area contributed by atoms with Gasteiger partial charge in [-0.2, -0.15) is 0 Å². The van der Waals surface area contributed by atoms with Crippen LogP contribution in [0.2, 0.25) is 0 Å². The van der Waals surface area contributed by atoms with Crippen molar-refractivity contribution < 1.29 is 14.7 Å². The van der Waals surface area contributed by atoms with E-state index >= 15 is 0 Å². The molecule has 16 heavy (non-hydrogen) atoms. The summed E-state index contributed by atoms with van der Waals surface area (Å²) < 4.78 is 5.04. The lowest BCUT2D eigenvalue weighted by Crippen LogP contribution is -2.40. The van der Waals surface area contributed by atoms with Crippen molar-refractivity contribution in [3.05, 3.63) is 0 Å². The van der Waals surface area contributed by atoms with Crippen molar-refractivity contribution in [2.24, 2.45) is 16.8 Å². The van der Waals surface area contributed by atoms with Crippen LogP contribution < -0.4 is 5.73 Å². The highest BCUT2D eigenvalue weighted by molar-refractivity contribution is 5.83. The topological polar surface area (TPSA) is 88.2 Å². The van der Waals surface area contributed by atoms with Gasteiger partial charge in [-0.3, -0.25) is 4.79 Å². The van der Waals surface area contributed by atoms with Crippen LogP contribution in [0.4, 0.5) is 0 Å². The molecule has 0 radical (unpaired) electrons. The number of oxime groups is 1. The second-order valence-corrected chi connectivity index (χ2v) is 3.50. The molecule has 0 aromatic carbocycles. The Morgan fingerprint density at radius 2 is 2.19 bits per heavy atom. The van der Waals surface area contributed by atoms with Crippen LogP contribution in [0.25, 0.3) is 0 Å². The van der Waals surface area contributed by atoms with Gasteiger partial charge in [0.25, 0.3) is 0 Å². The number of amides is 1. The van der Waals surface area contributed by atoms with Crippen LogP contribution in [-0.2, 0) is 9.53 Å². The van der Waals surface area contributed by atoms with E-state index in [4.69, 9.17) is 15.7 Å². The summed E-state index contributed by atoms with van der Waals surface area (Å²) >= 11 is 0. The van der Waals surface area contributed by atoms with Crippen molar-refractivity contribution in [3.8, 4) is 0 Å².